The summed E-state index contributed by atoms with van der Waals surface area (Å²) in [5.74, 6) is -0.533. The highest BCUT2D eigenvalue weighted by Gasteiger charge is 2.19. The van der Waals surface area contributed by atoms with E-state index in [1.54, 1.807) is 0 Å². The molecule has 0 radical (unpaired) electrons. The molecule has 0 aliphatic rings. The van der Waals surface area contributed by atoms with Crippen molar-refractivity contribution in [3.05, 3.63) is 65.5 Å². The van der Waals surface area contributed by atoms with Gasteiger partial charge in [-0.15, -0.1) is 0 Å². The summed E-state index contributed by atoms with van der Waals surface area (Å²) in [6.07, 6.45) is 0. The number of nitrogens with zero attached hydrogens (tertiary/aromatic N) is 1. The first-order chi connectivity index (χ1) is 11.4. The average molecular weight is 330 g/mol. The lowest BCUT2D eigenvalue weighted by Gasteiger charge is -2.23. The first kappa shape index (κ1) is 17.9. The normalized spacial score (nSPS) is 12.1. The van der Waals surface area contributed by atoms with Crippen LogP contribution in [0.25, 0.3) is 0 Å². The molecule has 2 aromatic rings. The molecule has 2 N–H and O–H groups in total. The molecule has 0 heterocycles. The zero-order valence-electron chi connectivity index (χ0n) is 14.6. The fraction of sp³-hybridized carbons (Fsp3) is 0.316. The summed E-state index contributed by atoms with van der Waals surface area (Å²) in [6.45, 7) is 0.514. The lowest BCUT2D eigenvalue weighted by molar-refractivity contribution is -0.890. The zero-order valence-corrected chi connectivity index (χ0v) is 14.6. The Morgan fingerprint density at radius 2 is 1.67 bits per heavy atom. The molecule has 0 saturated heterocycles. The molecule has 5 heteroatoms. The lowest BCUT2D eigenvalue weighted by Crippen LogP contribution is -3.07. The highest BCUT2D eigenvalue weighted by Crippen LogP contribution is 2.16. The van der Waals surface area contributed by atoms with Gasteiger partial charge in [-0.1, -0.05) is 12.1 Å². The van der Waals surface area contributed by atoms with E-state index in [4.69, 9.17) is 0 Å². The van der Waals surface area contributed by atoms with Gasteiger partial charge in [0, 0.05) is 30.9 Å². The minimum atomic E-state index is -0.344. The van der Waals surface area contributed by atoms with Crippen molar-refractivity contribution < 1.29 is 14.1 Å². The second kappa shape index (κ2) is 7.93. The van der Waals surface area contributed by atoms with E-state index in [1.807, 2.05) is 14.1 Å². The number of hydrogen-bond donors (Lipinski definition) is 2. The van der Waals surface area contributed by atoms with Gasteiger partial charge in [0.05, 0.1) is 20.6 Å². The molecule has 0 aromatic heterocycles. The molecule has 0 unspecified atom stereocenters. The first-order valence-electron chi connectivity index (χ1n) is 7.99. The van der Waals surface area contributed by atoms with Crippen LogP contribution in [0.3, 0.4) is 0 Å². The topological polar surface area (TPSA) is 36.8 Å². The molecule has 0 aliphatic carbocycles. The Labute approximate surface area is 142 Å². The number of hydrogen-bond acceptors (Lipinski definition) is 2. The summed E-state index contributed by atoms with van der Waals surface area (Å²) in [5, 5.41) is 2.94. The number of quaternary nitrogens is 1. The van der Waals surface area contributed by atoms with Crippen molar-refractivity contribution >= 4 is 11.6 Å². The number of nitrogens with one attached hydrogen (secondary N) is 2. The van der Waals surface area contributed by atoms with E-state index in [2.05, 4.69) is 48.6 Å². The van der Waals surface area contributed by atoms with Crippen molar-refractivity contribution in [1.82, 2.24) is 5.32 Å². The number of amides is 1. The second-order valence-electron chi connectivity index (χ2n) is 6.33. The van der Waals surface area contributed by atoms with Crippen molar-refractivity contribution in [1.29, 1.82) is 0 Å². The van der Waals surface area contributed by atoms with Crippen LogP contribution < -0.4 is 15.1 Å². The number of anilines is 1. The van der Waals surface area contributed by atoms with Crippen LogP contribution in [0, 0.1) is 5.82 Å². The highest BCUT2D eigenvalue weighted by atomic mass is 19.1. The first-order valence-corrected chi connectivity index (χ1v) is 7.99. The van der Waals surface area contributed by atoms with Gasteiger partial charge in [-0.2, -0.15) is 0 Å². The average Bonchev–Trinajstić information content (AvgIpc) is 2.55. The van der Waals surface area contributed by atoms with Gasteiger partial charge >= 0.3 is 0 Å². The van der Waals surface area contributed by atoms with Gasteiger partial charge in [0.15, 0.2) is 0 Å². The number of benzene rings is 2. The third-order valence-corrected chi connectivity index (χ3v) is 4.08. The largest absolute Gasteiger partial charge is 0.378 e. The Kier molecular flexibility index (Phi) is 5.93. The molecule has 2 rings (SSSR count). The minimum Gasteiger partial charge on any atom is -0.378 e. The smallest absolute Gasteiger partial charge is 0.251 e. The van der Waals surface area contributed by atoms with Gasteiger partial charge in [0.25, 0.3) is 5.91 Å². The number of carbonyl (C=O) groups excluding carboxylic acids is 1. The van der Waals surface area contributed by atoms with Crippen molar-refractivity contribution in [2.45, 2.75) is 6.04 Å². The van der Waals surface area contributed by atoms with Gasteiger partial charge in [0.1, 0.15) is 11.9 Å². The van der Waals surface area contributed by atoms with E-state index in [0.717, 1.165) is 5.69 Å². The molecule has 0 bridgehead atoms. The Balaban J connectivity index is 2.05. The molecule has 0 spiro atoms. The molecule has 128 valence electrons. The fourth-order valence-electron chi connectivity index (χ4n) is 2.56. The Morgan fingerprint density at radius 1 is 1.08 bits per heavy atom. The molecule has 2 aromatic carbocycles. The van der Waals surface area contributed by atoms with Crippen LogP contribution in [0.15, 0.2) is 48.5 Å². The van der Waals surface area contributed by atoms with Gasteiger partial charge in [-0.3, -0.25) is 4.79 Å². The molecule has 0 saturated carbocycles. The summed E-state index contributed by atoms with van der Waals surface area (Å²) in [4.78, 5) is 15.5. The zero-order chi connectivity index (χ0) is 17.7. The number of carbonyl (C=O) groups is 1. The summed E-state index contributed by atoms with van der Waals surface area (Å²) in [5.41, 5.74) is 2.77. The number of halogens is 1. The van der Waals surface area contributed by atoms with Crippen LogP contribution in [0.2, 0.25) is 0 Å². The third kappa shape index (κ3) is 4.55. The number of likely N-dealkylation sites (N-methyl/N-ethyl adjacent to an activating group) is 1. The van der Waals surface area contributed by atoms with E-state index in [-0.39, 0.29) is 17.8 Å². The van der Waals surface area contributed by atoms with E-state index in [1.165, 1.54) is 34.7 Å². The molecule has 0 fully saturated rings. The van der Waals surface area contributed by atoms with Crippen molar-refractivity contribution in [3.63, 3.8) is 0 Å². The monoisotopic (exact) mass is 330 g/mol. The van der Waals surface area contributed by atoms with Gasteiger partial charge < -0.3 is 15.1 Å². The maximum atomic E-state index is 12.9. The van der Waals surface area contributed by atoms with Crippen LogP contribution in [0.5, 0.6) is 0 Å². The van der Waals surface area contributed by atoms with Crippen molar-refractivity contribution in [2.24, 2.45) is 0 Å². The Bertz CT molecular complexity index is 666. The maximum Gasteiger partial charge on any atom is 0.251 e. The van der Waals surface area contributed by atoms with E-state index in [0.29, 0.717) is 12.1 Å². The molecule has 1 amide bonds. The molecule has 4 nitrogen and oxygen atoms in total. The molecule has 24 heavy (non-hydrogen) atoms. The summed E-state index contributed by atoms with van der Waals surface area (Å²) in [7, 11) is 8.14. The van der Waals surface area contributed by atoms with Crippen LogP contribution in [-0.2, 0) is 0 Å². The Hall–Kier alpha value is -2.40. The maximum absolute atomic E-state index is 12.9. The van der Waals surface area contributed by atoms with Gasteiger partial charge in [0.2, 0.25) is 0 Å². The summed E-state index contributed by atoms with van der Waals surface area (Å²) in [6, 6.07) is 14.1. The van der Waals surface area contributed by atoms with Crippen LogP contribution in [0.1, 0.15) is 22.0 Å². The summed E-state index contributed by atoms with van der Waals surface area (Å²) >= 11 is 0. The predicted octanol–water partition coefficient (Wildman–Crippen LogP) is 1.51. The van der Waals surface area contributed by atoms with E-state index < -0.39 is 0 Å². The van der Waals surface area contributed by atoms with Crippen molar-refractivity contribution in [2.75, 3.05) is 39.6 Å². The predicted molar refractivity (Wildman–Crippen MR) is 95.1 cm³/mol. The highest BCUT2D eigenvalue weighted by molar-refractivity contribution is 5.94. The second-order valence-corrected chi connectivity index (χ2v) is 6.33. The van der Waals surface area contributed by atoms with Crippen LogP contribution in [0.4, 0.5) is 10.1 Å². The fourth-order valence-corrected chi connectivity index (χ4v) is 2.56. The van der Waals surface area contributed by atoms with Crippen LogP contribution in [-0.4, -0.2) is 40.6 Å². The van der Waals surface area contributed by atoms with Crippen LogP contribution >= 0.6 is 0 Å². The molecule has 1 atom stereocenters. The SMILES string of the molecule is CN(C)c1ccc([C@H](CNC(=O)c2ccc(F)cc2)[NH+](C)C)cc1. The third-order valence-electron chi connectivity index (χ3n) is 4.08. The van der Waals surface area contributed by atoms with Crippen molar-refractivity contribution in [3.8, 4) is 0 Å². The van der Waals surface area contributed by atoms with E-state index in [9.17, 15) is 9.18 Å². The molecule has 0 aliphatic heterocycles. The molecular formula is C19H25FN3O+. The quantitative estimate of drug-likeness (QED) is 0.842. The van der Waals surface area contributed by atoms with Gasteiger partial charge in [-0.25, -0.2) is 4.39 Å². The minimum absolute atomic E-state index is 0.144. The molecular weight excluding hydrogens is 305 g/mol. The number of rotatable bonds is 6. The Morgan fingerprint density at radius 3 is 2.17 bits per heavy atom. The standard InChI is InChI=1S/C19H24FN3O/c1-22(2)17-11-7-14(8-12-17)18(23(3)4)13-21-19(24)15-5-9-16(20)10-6-15/h5-12,18H,13H2,1-4H3,(H,21,24)/p+1/t18-/m0/s1. The van der Waals surface area contributed by atoms with Gasteiger partial charge in [-0.05, 0) is 36.4 Å². The lowest BCUT2D eigenvalue weighted by atomic mass is 10.0. The van der Waals surface area contributed by atoms with E-state index >= 15 is 0 Å². The summed E-state index contributed by atoms with van der Waals surface area (Å²) < 4.78 is 12.9.